The van der Waals surface area contributed by atoms with Crippen molar-refractivity contribution < 1.29 is 27.1 Å². The Hall–Kier alpha value is -3.92. The molecule has 4 rings (SSSR count). The Morgan fingerprint density at radius 1 is 0.953 bits per heavy atom. The molecular formula is C33H40FN3O5S. The zero-order chi connectivity index (χ0) is 30.8. The summed E-state index contributed by atoms with van der Waals surface area (Å²) < 4.78 is 47.9. The Labute approximate surface area is 253 Å². The molecule has 8 nitrogen and oxygen atoms in total. The van der Waals surface area contributed by atoms with Crippen molar-refractivity contribution in [2.75, 3.05) is 24.0 Å². The van der Waals surface area contributed by atoms with Crippen LogP contribution in [0.25, 0.3) is 0 Å². The Kier molecular flexibility index (Phi) is 11.2. The van der Waals surface area contributed by atoms with Gasteiger partial charge >= 0.3 is 0 Å². The summed E-state index contributed by atoms with van der Waals surface area (Å²) in [5.74, 6) is -0.814. The van der Waals surface area contributed by atoms with Gasteiger partial charge in [0.2, 0.25) is 11.8 Å². The molecule has 1 fully saturated rings. The van der Waals surface area contributed by atoms with Crippen molar-refractivity contribution >= 4 is 27.5 Å². The molecule has 3 aromatic carbocycles. The number of ether oxygens (including phenoxy) is 1. The van der Waals surface area contributed by atoms with Crippen LogP contribution >= 0.6 is 0 Å². The third-order valence-corrected chi connectivity index (χ3v) is 9.51. The molecule has 0 bridgehead atoms. The van der Waals surface area contributed by atoms with Crippen molar-refractivity contribution in [3.8, 4) is 5.75 Å². The van der Waals surface area contributed by atoms with E-state index in [-0.39, 0.29) is 29.1 Å². The maximum Gasteiger partial charge on any atom is 0.264 e. The lowest BCUT2D eigenvalue weighted by Crippen LogP contribution is -2.53. The standard InChI is InChI=1S/C33H40FN3O5S/c1-3-42-30-18-16-29(17-19-30)37(43(40,41)31-20-14-27(34)15-21-31)24-32(38)36(23-22-26-10-6-4-7-11-26)25(2)33(39)35-28-12-8-5-9-13-28/h4,6-7,10-11,14-21,25,28H,3,5,8-9,12-13,22-24H2,1-2H3,(H,35,39)/t25-/m1/s1. The first-order valence-electron chi connectivity index (χ1n) is 14.8. The minimum absolute atomic E-state index is 0.0639. The highest BCUT2D eigenvalue weighted by Crippen LogP contribution is 2.27. The van der Waals surface area contributed by atoms with E-state index in [2.05, 4.69) is 5.32 Å². The Morgan fingerprint density at radius 2 is 1.60 bits per heavy atom. The van der Waals surface area contributed by atoms with E-state index in [1.54, 1.807) is 31.2 Å². The van der Waals surface area contributed by atoms with Crippen LogP contribution in [-0.2, 0) is 26.0 Å². The van der Waals surface area contributed by atoms with Gasteiger partial charge in [0.1, 0.15) is 24.2 Å². The predicted octanol–water partition coefficient (Wildman–Crippen LogP) is 5.33. The average Bonchev–Trinajstić information content (AvgIpc) is 3.01. The molecule has 1 N–H and O–H groups in total. The van der Waals surface area contributed by atoms with Gasteiger partial charge in [-0.3, -0.25) is 13.9 Å². The fourth-order valence-electron chi connectivity index (χ4n) is 5.28. The fourth-order valence-corrected chi connectivity index (χ4v) is 6.69. The number of nitrogens with zero attached hydrogens (tertiary/aromatic N) is 2. The van der Waals surface area contributed by atoms with E-state index in [4.69, 9.17) is 4.74 Å². The average molecular weight is 610 g/mol. The van der Waals surface area contributed by atoms with E-state index >= 15 is 0 Å². The Morgan fingerprint density at radius 3 is 2.23 bits per heavy atom. The molecular weight excluding hydrogens is 569 g/mol. The van der Waals surface area contributed by atoms with Gasteiger partial charge in [-0.15, -0.1) is 0 Å². The maximum absolute atomic E-state index is 14.0. The fraction of sp³-hybridized carbons (Fsp3) is 0.394. The molecule has 230 valence electrons. The van der Waals surface area contributed by atoms with Gasteiger partial charge in [0.25, 0.3) is 10.0 Å². The lowest BCUT2D eigenvalue weighted by atomic mass is 9.95. The van der Waals surface area contributed by atoms with Crippen molar-refractivity contribution in [2.45, 2.75) is 69.4 Å². The van der Waals surface area contributed by atoms with Gasteiger partial charge in [0.05, 0.1) is 17.2 Å². The van der Waals surface area contributed by atoms with E-state index in [9.17, 15) is 22.4 Å². The van der Waals surface area contributed by atoms with Crippen molar-refractivity contribution in [3.63, 3.8) is 0 Å². The molecule has 0 heterocycles. The van der Waals surface area contributed by atoms with Gasteiger partial charge in [-0.1, -0.05) is 49.6 Å². The number of rotatable bonds is 13. The summed E-state index contributed by atoms with van der Waals surface area (Å²) in [4.78, 5) is 28.7. The van der Waals surface area contributed by atoms with Crippen molar-refractivity contribution in [1.82, 2.24) is 10.2 Å². The molecule has 0 saturated heterocycles. The highest BCUT2D eigenvalue weighted by atomic mass is 32.2. The number of carbonyl (C=O) groups excluding carboxylic acids is 2. The minimum Gasteiger partial charge on any atom is -0.494 e. The summed E-state index contributed by atoms with van der Waals surface area (Å²) in [7, 11) is -4.28. The normalized spacial score (nSPS) is 14.5. The molecule has 43 heavy (non-hydrogen) atoms. The lowest BCUT2D eigenvalue weighted by molar-refractivity contribution is -0.139. The quantitative estimate of drug-likeness (QED) is 0.283. The molecule has 0 aliphatic heterocycles. The van der Waals surface area contributed by atoms with E-state index in [1.165, 1.54) is 17.0 Å². The zero-order valence-corrected chi connectivity index (χ0v) is 25.6. The van der Waals surface area contributed by atoms with E-state index in [0.717, 1.165) is 54.1 Å². The van der Waals surface area contributed by atoms with Crippen LogP contribution in [0, 0.1) is 5.82 Å². The summed E-state index contributed by atoms with van der Waals surface area (Å²) in [5, 5.41) is 3.10. The third-order valence-electron chi connectivity index (χ3n) is 7.72. The van der Waals surface area contributed by atoms with Crippen molar-refractivity contribution in [2.24, 2.45) is 0 Å². The SMILES string of the molecule is CCOc1ccc(N(CC(=O)N(CCc2ccccc2)[C@H](C)C(=O)NC2CCCCC2)S(=O)(=O)c2ccc(F)cc2)cc1. The molecule has 0 aromatic heterocycles. The van der Waals surface area contributed by atoms with Gasteiger partial charge in [-0.25, -0.2) is 12.8 Å². The molecule has 1 aliphatic carbocycles. The van der Waals surface area contributed by atoms with E-state index in [1.807, 2.05) is 37.3 Å². The second-order valence-corrected chi connectivity index (χ2v) is 12.6. The van der Waals surface area contributed by atoms with Crippen molar-refractivity contribution in [3.05, 3.63) is 90.2 Å². The first kappa shape index (κ1) is 32.0. The number of hydrogen-bond acceptors (Lipinski definition) is 5. The molecule has 2 amide bonds. The smallest absolute Gasteiger partial charge is 0.264 e. The maximum atomic E-state index is 14.0. The van der Waals surface area contributed by atoms with E-state index in [0.29, 0.717) is 18.8 Å². The minimum atomic E-state index is -4.28. The summed E-state index contributed by atoms with van der Waals surface area (Å²) in [6.07, 6.45) is 5.53. The highest BCUT2D eigenvalue weighted by molar-refractivity contribution is 7.92. The van der Waals surface area contributed by atoms with Crippen LogP contribution < -0.4 is 14.4 Å². The molecule has 0 radical (unpaired) electrons. The molecule has 0 unspecified atom stereocenters. The number of benzene rings is 3. The number of carbonyl (C=O) groups is 2. The van der Waals surface area contributed by atoms with E-state index < -0.39 is 34.3 Å². The van der Waals surface area contributed by atoms with Gasteiger partial charge < -0.3 is 15.0 Å². The van der Waals surface area contributed by atoms with Crippen molar-refractivity contribution in [1.29, 1.82) is 0 Å². The summed E-state index contributed by atoms with van der Waals surface area (Å²) in [6.45, 7) is 3.62. The van der Waals surface area contributed by atoms with Gasteiger partial charge in [0.15, 0.2) is 0 Å². The van der Waals surface area contributed by atoms with Crippen LogP contribution in [0.15, 0.2) is 83.8 Å². The van der Waals surface area contributed by atoms with Gasteiger partial charge in [-0.05, 0) is 87.2 Å². The lowest BCUT2D eigenvalue weighted by Gasteiger charge is -2.33. The number of amides is 2. The second kappa shape index (κ2) is 15.0. The number of hydrogen-bond donors (Lipinski definition) is 1. The van der Waals surface area contributed by atoms with Crippen LogP contribution in [0.1, 0.15) is 51.5 Å². The Bertz CT molecular complexity index is 1440. The summed E-state index contributed by atoms with van der Waals surface area (Å²) >= 11 is 0. The highest BCUT2D eigenvalue weighted by Gasteiger charge is 2.33. The summed E-state index contributed by atoms with van der Waals surface area (Å²) in [5.41, 5.74) is 1.23. The van der Waals surface area contributed by atoms with Crippen LogP contribution in [0.3, 0.4) is 0 Å². The van der Waals surface area contributed by atoms with Gasteiger partial charge in [0, 0.05) is 12.6 Å². The Balaban J connectivity index is 1.64. The second-order valence-electron chi connectivity index (χ2n) is 10.7. The number of anilines is 1. The largest absolute Gasteiger partial charge is 0.494 e. The first-order valence-corrected chi connectivity index (χ1v) is 16.3. The molecule has 0 spiro atoms. The topological polar surface area (TPSA) is 96.0 Å². The van der Waals surface area contributed by atoms with Crippen LogP contribution in [0.4, 0.5) is 10.1 Å². The molecule has 1 saturated carbocycles. The predicted molar refractivity (Wildman–Crippen MR) is 165 cm³/mol. The van der Waals surface area contributed by atoms with Crippen LogP contribution in [0.5, 0.6) is 5.75 Å². The molecule has 1 atom stereocenters. The molecule has 3 aromatic rings. The van der Waals surface area contributed by atoms with Crippen LogP contribution in [-0.4, -0.2) is 56.9 Å². The van der Waals surface area contributed by atoms with Crippen LogP contribution in [0.2, 0.25) is 0 Å². The third kappa shape index (κ3) is 8.56. The van der Waals surface area contributed by atoms with Gasteiger partial charge in [-0.2, -0.15) is 0 Å². The summed E-state index contributed by atoms with van der Waals surface area (Å²) in [6, 6.07) is 19.7. The monoisotopic (exact) mass is 609 g/mol. The number of halogens is 1. The molecule has 1 aliphatic rings. The zero-order valence-electron chi connectivity index (χ0n) is 24.7. The first-order chi connectivity index (χ1) is 20.7. The number of nitrogens with one attached hydrogen (secondary N) is 1. The number of sulfonamides is 1. The molecule has 10 heteroatoms.